The molecule has 0 bridgehead atoms. The first kappa shape index (κ1) is 8.67. The maximum absolute atomic E-state index is 4.16. The van der Waals surface area contributed by atoms with Crippen molar-refractivity contribution in [3.05, 3.63) is 28.6 Å². The summed E-state index contributed by atoms with van der Waals surface area (Å²) in [5.41, 5.74) is 0. The van der Waals surface area contributed by atoms with E-state index in [-0.39, 0.29) is 0 Å². The standard InChI is InChI=1S/C7H8IN5/c8-7-3-10-12(4-7)1-2-13-6-9-5-11-13/h3-6H,1-2H2. The lowest BCUT2D eigenvalue weighted by molar-refractivity contribution is 0.499. The molecule has 0 aliphatic rings. The first-order chi connectivity index (χ1) is 6.34. The van der Waals surface area contributed by atoms with Crippen molar-refractivity contribution in [3.63, 3.8) is 0 Å². The Morgan fingerprint density at radius 1 is 1.23 bits per heavy atom. The molecule has 0 atom stereocenters. The molecular weight excluding hydrogens is 281 g/mol. The van der Waals surface area contributed by atoms with Gasteiger partial charge in [0.05, 0.1) is 22.9 Å². The van der Waals surface area contributed by atoms with Crippen LogP contribution in [0.2, 0.25) is 0 Å². The lowest BCUT2D eigenvalue weighted by Crippen LogP contribution is -2.07. The minimum atomic E-state index is 0.803. The highest BCUT2D eigenvalue weighted by Gasteiger charge is 1.95. The maximum atomic E-state index is 4.16. The molecule has 0 saturated heterocycles. The van der Waals surface area contributed by atoms with Crippen LogP contribution in [-0.2, 0) is 13.1 Å². The smallest absolute Gasteiger partial charge is 0.137 e. The van der Waals surface area contributed by atoms with Crippen LogP contribution < -0.4 is 0 Å². The van der Waals surface area contributed by atoms with Crippen LogP contribution >= 0.6 is 22.6 Å². The zero-order chi connectivity index (χ0) is 9.10. The van der Waals surface area contributed by atoms with E-state index in [4.69, 9.17) is 0 Å². The van der Waals surface area contributed by atoms with E-state index in [1.165, 1.54) is 6.33 Å². The number of nitrogens with zero attached hydrogens (tertiary/aromatic N) is 5. The van der Waals surface area contributed by atoms with E-state index in [0.717, 1.165) is 16.7 Å². The van der Waals surface area contributed by atoms with Crippen molar-refractivity contribution >= 4 is 22.6 Å². The van der Waals surface area contributed by atoms with Gasteiger partial charge in [0.1, 0.15) is 12.7 Å². The van der Waals surface area contributed by atoms with Gasteiger partial charge in [0.15, 0.2) is 0 Å². The van der Waals surface area contributed by atoms with Crippen molar-refractivity contribution in [1.29, 1.82) is 0 Å². The number of aryl methyl sites for hydroxylation is 2. The fourth-order valence-corrected chi connectivity index (χ4v) is 1.46. The van der Waals surface area contributed by atoms with Crippen LogP contribution in [0, 0.1) is 3.57 Å². The van der Waals surface area contributed by atoms with Crippen molar-refractivity contribution in [2.45, 2.75) is 13.1 Å². The molecule has 0 fully saturated rings. The Kier molecular flexibility index (Phi) is 2.57. The molecule has 6 heteroatoms. The van der Waals surface area contributed by atoms with Crippen LogP contribution in [0.4, 0.5) is 0 Å². The van der Waals surface area contributed by atoms with Gasteiger partial charge in [-0.15, -0.1) is 0 Å². The molecule has 68 valence electrons. The second-order valence-electron chi connectivity index (χ2n) is 2.58. The van der Waals surface area contributed by atoms with Gasteiger partial charge in [-0.3, -0.25) is 9.36 Å². The van der Waals surface area contributed by atoms with Crippen LogP contribution in [0.3, 0.4) is 0 Å². The Morgan fingerprint density at radius 2 is 2.08 bits per heavy atom. The van der Waals surface area contributed by atoms with Gasteiger partial charge in [0.25, 0.3) is 0 Å². The van der Waals surface area contributed by atoms with E-state index in [1.54, 1.807) is 11.0 Å². The Balaban J connectivity index is 1.93. The summed E-state index contributed by atoms with van der Waals surface area (Å²) >= 11 is 2.24. The summed E-state index contributed by atoms with van der Waals surface area (Å²) in [6.07, 6.45) is 7.07. The minimum Gasteiger partial charge on any atom is -0.270 e. The van der Waals surface area contributed by atoms with Crippen molar-refractivity contribution in [3.8, 4) is 0 Å². The first-order valence-electron chi connectivity index (χ1n) is 3.85. The third-order valence-corrected chi connectivity index (χ3v) is 2.18. The second kappa shape index (κ2) is 3.86. The van der Waals surface area contributed by atoms with Crippen LogP contribution in [-0.4, -0.2) is 24.5 Å². The van der Waals surface area contributed by atoms with Crippen LogP contribution in [0.5, 0.6) is 0 Å². The van der Waals surface area contributed by atoms with Gasteiger partial charge >= 0.3 is 0 Å². The minimum absolute atomic E-state index is 0.803. The quantitative estimate of drug-likeness (QED) is 0.785. The van der Waals surface area contributed by atoms with E-state index in [9.17, 15) is 0 Å². The molecule has 0 aliphatic carbocycles. The maximum Gasteiger partial charge on any atom is 0.137 e. The number of hydrogen-bond donors (Lipinski definition) is 0. The zero-order valence-corrected chi connectivity index (χ0v) is 9.00. The molecule has 0 unspecified atom stereocenters. The molecule has 5 nitrogen and oxygen atoms in total. The summed E-state index contributed by atoms with van der Waals surface area (Å²) in [7, 11) is 0. The van der Waals surface area contributed by atoms with E-state index in [1.807, 2.05) is 17.1 Å². The summed E-state index contributed by atoms with van der Waals surface area (Å²) in [6.45, 7) is 1.63. The highest BCUT2D eigenvalue weighted by Crippen LogP contribution is 2.00. The largest absolute Gasteiger partial charge is 0.270 e. The van der Waals surface area contributed by atoms with E-state index < -0.39 is 0 Å². The summed E-state index contributed by atoms with van der Waals surface area (Å²) in [5.74, 6) is 0. The molecule has 0 amide bonds. The second-order valence-corrected chi connectivity index (χ2v) is 3.83. The van der Waals surface area contributed by atoms with Gasteiger partial charge in [-0.25, -0.2) is 4.98 Å². The first-order valence-corrected chi connectivity index (χ1v) is 4.93. The molecule has 0 aromatic carbocycles. The van der Waals surface area contributed by atoms with Gasteiger partial charge in [0.2, 0.25) is 0 Å². The molecule has 0 radical (unpaired) electrons. The van der Waals surface area contributed by atoms with E-state index in [2.05, 4.69) is 37.8 Å². The highest BCUT2D eigenvalue weighted by atomic mass is 127. The van der Waals surface area contributed by atoms with Gasteiger partial charge in [-0.2, -0.15) is 10.2 Å². The summed E-state index contributed by atoms with van der Waals surface area (Å²) in [4.78, 5) is 3.86. The lowest BCUT2D eigenvalue weighted by atomic mass is 10.6. The van der Waals surface area contributed by atoms with Crippen molar-refractivity contribution in [2.24, 2.45) is 0 Å². The van der Waals surface area contributed by atoms with E-state index >= 15 is 0 Å². The molecule has 2 aromatic rings. The molecule has 0 spiro atoms. The monoisotopic (exact) mass is 289 g/mol. The van der Waals surface area contributed by atoms with Gasteiger partial charge in [-0.1, -0.05) is 0 Å². The predicted octanol–water partition coefficient (Wildman–Crippen LogP) is 0.779. The average Bonchev–Trinajstić information content (AvgIpc) is 2.71. The molecular formula is C7H8IN5. The SMILES string of the molecule is Ic1cnn(CCn2cncn2)c1. The van der Waals surface area contributed by atoms with Gasteiger partial charge < -0.3 is 0 Å². The van der Waals surface area contributed by atoms with Gasteiger partial charge in [0, 0.05) is 6.20 Å². The van der Waals surface area contributed by atoms with Crippen LogP contribution in [0.25, 0.3) is 0 Å². The number of hydrogen-bond acceptors (Lipinski definition) is 3. The molecule has 13 heavy (non-hydrogen) atoms. The highest BCUT2D eigenvalue weighted by molar-refractivity contribution is 14.1. The Hall–Kier alpha value is -0.920. The molecule has 0 saturated carbocycles. The van der Waals surface area contributed by atoms with Crippen LogP contribution in [0.1, 0.15) is 0 Å². The molecule has 2 heterocycles. The summed E-state index contributed by atoms with van der Waals surface area (Å²) < 4.78 is 4.83. The number of rotatable bonds is 3. The van der Waals surface area contributed by atoms with E-state index in [0.29, 0.717) is 0 Å². The molecule has 0 N–H and O–H groups in total. The predicted molar refractivity (Wildman–Crippen MR) is 55.0 cm³/mol. The third-order valence-electron chi connectivity index (χ3n) is 1.63. The van der Waals surface area contributed by atoms with Crippen molar-refractivity contribution in [1.82, 2.24) is 24.5 Å². The third kappa shape index (κ3) is 2.27. The Bertz CT molecular complexity index is 366. The number of aromatic nitrogens is 5. The van der Waals surface area contributed by atoms with Crippen molar-refractivity contribution in [2.75, 3.05) is 0 Å². The lowest BCUT2D eigenvalue weighted by Gasteiger charge is -1.99. The summed E-state index contributed by atoms with van der Waals surface area (Å²) in [6, 6.07) is 0. The zero-order valence-electron chi connectivity index (χ0n) is 6.84. The topological polar surface area (TPSA) is 48.5 Å². The summed E-state index contributed by atoms with van der Waals surface area (Å²) in [5, 5.41) is 8.16. The fraction of sp³-hybridized carbons (Fsp3) is 0.286. The Morgan fingerprint density at radius 3 is 2.69 bits per heavy atom. The van der Waals surface area contributed by atoms with Crippen molar-refractivity contribution < 1.29 is 0 Å². The van der Waals surface area contributed by atoms with Crippen LogP contribution in [0.15, 0.2) is 25.0 Å². The normalized spacial score (nSPS) is 10.5. The Labute approximate surface area is 88.9 Å². The average molecular weight is 289 g/mol. The van der Waals surface area contributed by atoms with Gasteiger partial charge in [-0.05, 0) is 22.6 Å². The number of halogens is 1. The molecule has 2 aromatic heterocycles. The fourth-order valence-electron chi connectivity index (χ4n) is 1.01. The molecule has 0 aliphatic heterocycles. The molecule has 2 rings (SSSR count).